The van der Waals surface area contributed by atoms with Crippen LogP contribution in [0.2, 0.25) is 5.02 Å². The van der Waals surface area contributed by atoms with Gasteiger partial charge in [-0.25, -0.2) is 0 Å². The second-order valence-corrected chi connectivity index (χ2v) is 5.23. The van der Waals surface area contributed by atoms with Gasteiger partial charge in [0.2, 0.25) is 0 Å². The zero-order valence-corrected chi connectivity index (χ0v) is 12.8. The number of nitrogens with zero attached hydrogens (tertiary/aromatic N) is 1. The van der Waals surface area contributed by atoms with Crippen molar-refractivity contribution in [2.75, 3.05) is 5.32 Å². The maximum Gasteiger partial charge on any atom is 0.270 e. The van der Waals surface area contributed by atoms with E-state index >= 15 is 0 Å². The summed E-state index contributed by atoms with van der Waals surface area (Å²) in [6, 6.07) is 10.8. The van der Waals surface area contributed by atoms with Crippen molar-refractivity contribution < 1.29 is 10.0 Å². The molecule has 2 aromatic carbocycles. The van der Waals surface area contributed by atoms with E-state index in [9.17, 15) is 15.2 Å². The number of benzene rings is 2. The minimum Gasteiger partial charge on any atom is -0.508 e. The highest BCUT2D eigenvalue weighted by atomic mass is 35.5. The van der Waals surface area contributed by atoms with E-state index in [-0.39, 0.29) is 18.0 Å². The van der Waals surface area contributed by atoms with Crippen LogP contribution >= 0.6 is 23.8 Å². The summed E-state index contributed by atoms with van der Waals surface area (Å²) in [6.45, 7) is 0.160. The lowest BCUT2D eigenvalue weighted by Gasteiger charge is -2.11. The number of halogens is 1. The first-order valence-corrected chi connectivity index (χ1v) is 7.01. The molecule has 0 heterocycles. The fourth-order valence-corrected chi connectivity index (χ4v) is 2.03. The van der Waals surface area contributed by atoms with Gasteiger partial charge in [-0.05, 0) is 42.5 Å². The topological polar surface area (TPSA) is 87.4 Å². The Morgan fingerprint density at radius 1 is 1.27 bits per heavy atom. The molecule has 6 nitrogen and oxygen atoms in total. The van der Waals surface area contributed by atoms with Gasteiger partial charge in [0.15, 0.2) is 5.11 Å². The molecule has 0 atom stereocenters. The number of nitrogens with one attached hydrogen (secondary N) is 2. The second-order valence-electron chi connectivity index (χ2n) is 4.38. The third-order valence-corrected chi connectivity index (χ3v) is 3.31. The fraction of sp³-hybridized carbons (Fsp3) is 0.0714. The normalized spacial score (nSPS) is 10.0. The zero-order chi connectivity index (χ0) is 16.1. The predicted molar refractivity (Wildman–Crippen MR) is 89.3 cm³/mol. The number of nitro benzene ring substituents is 1. The van der Waals surface area contributed by atoms with Crippen LogP contribution in [0.5, 0.6) is 5.75 Å². The van der Waals surface area contributed by atoms with Gasteiger partial charge in [0.05, 0.1) is 4.92 Å². The fourth-order valence-electron chi connectivity index (χ4n) is 1.71. The molecule has 0 radical (unpaired) electrons. The Morgan fingerprint density at radius 2 is 1.95 bits per heavy atom. The number of nitro groups is 1. The molecular formula is C14H12ClN3O3S. The number of rotatable bonds is 4. The Hall–Kier alpha value is -2.38. The quantitative estimate of drug-likeness (QED) is 0.450. The van der Waals surface area contributed by atoms with Gasteiger partial charge in [-0.1, -0.05) is 11.6 Å². The first-order chi connectivity index (χ1) is 10.5. The van der Waals surface area contributed by atoms with Gasteiger partial charge in [0, 0.05) is 35.0 Å². The highest BCUT2D eigenvalue weighted by Crippen LogP contribution is 2.22. The Labute approximate surface area is 136 Å². The standard InChI is InChI=1S/C14H12ClN3O3S/c15-10-1-3-11(4-2-10)17-14(22)16-8-9-7-12(18(20)21)5-6-13(9)19/h1-7,19H,8H2,(H2,16,17,22). The summed E-state index contributed by atoms with van der Waals surface area (Å²) in [5.41, 5.74) is 1.05. The molecule has 0 aliphatic rings. The van der Waals surface area contributed by atoms with E-state index in [0.717, 1.165) is 5.69 Å². The SMILES string of the molecule is O=[N+]([O-])c1ccc(O)c(CNC(=S)Nc2ccc(Cl)cc2)c1. The first kappa shape index (κ1) is 16.0. The average molecular weight is 338 g/mol. The molecule has 0 spiro atoms. The van der Waals surface area contributed by atoms with E-state index < -0.39 is 4.92 Å². The third kappa shape index (κ3) is 4.31. The van der Waals surface area contributed by atoms with Crippen LogP contribution in [-0.4, -0.2) is 15.1 Å². The minimum absolute atomic E-state index is 0.0348. The van der Waals surface area contributed by atoms with Crippen molar-refractivity contribution in [3.05, 3.63) is 63.2 Å². The summed E-state index contributed by atoms with van der Waals surface area (Å²) in [5, 5.41) is 27.2. The van der Waals surface area contributed by atoms with Gasteiger partial charge < -0.3 is 15.7 Å². The molecule has 0 fully saturated rings. The van der Waals surface area contributed by atoms with Crippen LogP contribution in [0, 0.1) is 10.1 Å². The third-order valence-electron chi connectivity index (χ3n) is 2.82. The molecule has 3 N–H and O–H groups in total. The highest BCUT2D eigenvalue weighted by molar-refractivity contribution is 7.80. The van der Waals surface area contributed by atoms with Gasteiger partial charge >= 0.3 is 0 Å². The zero-order valence-electron chi connectivity index (χ0n) is 11.2. The number of phenolic OH excluding ortho intramolecular Hbond substituents is 1. The number of hydrogen-bond donors (Lipinski definition) is 3. The largest absolute Gasteiger partial charge is 0.508 e. The number of hydrogen-bond acceptors (Lipinski definition) is 4. The van der Waals surface area contributed by atoms with E-state index in [2.05, 4.69) is 10.6 Å². The maximum absolute atomic E-state index is 10.7. The van der Waals surface area contributed by atoms with Crippen molar-refractivity contribution in [1.82, 2.24) is 5.32 Å². The number of aromatic hydroxyl groups is 1. The molecule has 2 aromatic rings. The van der Waals surface area contributed by atoms with Crippen molar-refractivity contribution in [3.8, 4) is 5.75 Å². The number of thiocarbonyl (C=S) groups is 1. The molecule has 0 unspecified atom stereocenters. The van der Waals surface area contributed by atoms with Crippen LogP contribution in [0.25, 0.3) is 0 Å². The van der Waals surface area contributed by atoms with Gasteiger partial charge in [0.1, 0.15) is 5.75 Å². The summed E-state index contributed by atoms with van der Waals surface area (Å²) in [5.74, 6) is -0.0348. The molecule has 22 heavy (non-hydrogen) atoms. The monoisotopic (exact) mass is 337 g/mol. The molecule has 0 aliphatic heterocycles. The van der Waals surface area contributed by atoms with Gasteiger partial charge in [-0.3, -0.25) is 10.1 Å². The van der Waals surface area contributed by atoms with Gasteiger partial charge in [0.25, 0.3) is 5.69 Å². The molecule has 2 rings (SSSR count). The first-order valence-electron chi connectivity index (χ1n) is 6.22. The van der Waals surface area contributed by atoms with E-state index in [1.807, 2.05) is 0 Å². The summed E-state index contributed by atoms with van der Waals surface area (Å²) < 4.78 is 0. The van der Waals surface area contributed by atoms with Crippen molar-refractivity contribution in [3.63, 3.8) is 0 Å². The average Bonchev–Trinajstić information content (AvgIpc) is 2.48. The summed E-state index contributed by atoms with van der Waals surface area (Å²) in [7, 11) is 0. The minimum atomic E-state index is -0.521. The molecule has 0 aliphatic carbocycles. The number of anilines is 1. The molecule has 0 bridgehead atoms. The Bertz CT molecular complexity index is 707. The Kier molecular flexibility index (Phi) is 5.13. The van der Waals surface area contributed by atoms with Crippen molar-refractivity contribution in [2.45, 2.75) is 6.54 Å². The van der Waals surface area contributed by atoms with Crippen LogP contribution in [0.4, 0.5) is 11.4 Å². The van der Waals surface area contributed by atoms with Crippen LogP contribution in [-0.2, 0) is 6.54 Å². The smallest absolute Gasteiger partial charge is 0.270 e. The lowest BCUT2D eigenvalue weighted by Crippen LogP contribution is -2.27. The Morgan fingerprint density at radius 3 is 2.59 bits per heavy atom. The maximum atomic E-state index is 10.7. The molecule has 114 valence electrons. The van der Waals surface area contributed by atoms with Gasteiger partial charge in [-0.2, -0.15) is 0 Å². The van der Waals surface area contributed by atoms with Crippen LogP contribution < -0.4 is 10.6 Å². The lowest BCUT2D eigenvalue weighted by molar-refractivity contribution is -0.384. The van der Waals surface area contributed by atoms with E-state index in [1.165, 1.54) is 18.2 Å². The second kappa shape index (κ2) is 7.06. The summed E-state index contributed by atoms with van der Waals surface area (Å²) in [6.07, 6.45) is 0. The van der Waals surface area contributed by atoms with Crippen molar-refractivity contribution >= 4 is 40.3 Å². The van der Waals surface area contributed by atoms with E-state index in [4.69, 9.17) is 23.8 Å². The molecular weight excluding hydrogens is 326 g/mol. The summed E-state index contributed by atoms with van der Waals surface area (Å²) in [4.78, 5) is 10.2. The predicted octanol–water partition coefficient (Wildman–Crippen LogP) is 3.44. The van der Waals surface area contributed by atoms with Gasteiger partial charge in [-0.15, -0.1) is 0 Å². The van der Waals surface area contributed by atoms with Crippen molar-refractivity contribution in [2.24, 2.45) is 0 Å². The van der Waals surface area contributed by atoms with Crippen LogP contribution in [0.15, 0.2) is 42.5 Å². The lowest BCUT2D eigenvalue weighted by atomic mass is 10.2. The molecule has 0 aromatic heterocycles. The summed E-state index contributed by atoms with van der Waals surface area (Å²) >= 11 is 10.9. The molecule has 8 heteroatoms. The highest BCUT2D eigenvalue weighted by Gasteiger charge is 2.10. The van der Waals surface area contributed by atoms with E-state index in [1.54, 1.807) is 24.3 Å². The van der Waals surface area contributed by atoms with Crippen LogP contribution in [0.3, 0.4) is 0 Å². The van der Waals surface area contributed by atoms with E-state index in [0.29, 0.717) is 15.7 Å². The number of non-ortho nitro benzene ring substituents is 1. The Balaban J connectivity index is 1.97. The van der Waals surface area contributed by atoms with Crippen LogP contribution in [0.1, 0.15) is 5.56 Å². The number of phenols is 1. The van der Waals surface area contributed by atoms with Crippen molar-refractivity contribution in [1.29, 1.82) is 0 Å². The molecule has 0 saturated heterocycles. The molecule has 0 amide bonds. The molecule has 0 saturated carbocycles.